The summed E-state index contributed by atoms with van der Waals surface area (Å²) in [5, 5.41) is 4.48. The number of hydrogen-bond donors (Lipinski definition) is 1. The third kappa shape index (κ3) is 3.88. The van der Waals surface area contributed by atoms with Gasteiger partial charge in [-0.1, -0.05) is 61.1 Å². The molecule has 0 aromatic heterocycles. The molecule has 2 rings (SSSR count). The van der Waals surface area contributed by atoms with Crippen molar-refractivity contribution in [3.8, 4) is 0 Å². The molecular weight excluding hydrogens is 322 g/mol. The van der Waals surface area contributed by atoms with Crippen molar-refractivity contribution in [3.05, 3.63) is 27.7 Å². The van der Waals surface area contributed by atoms with Crippen molar-refractivity contribution in [3.63, 3.8) is 0 Å². The number of hydrogen-bond acceptors (Lipinski definition) is 1. The molecule has 1 saturated carbocycles. The van der Waals surface area contributed by atoms with Gasteiger partial charge in [-0.2, -0.15) is 0 Å². The van der Waals surface area contributed by atoms with Crippen LogP contribution in [0.5, 0.6) is 0 Å². The van der Waals surface area contributed by atoms with E-state index in [1.54, 1.807) is 0 Å². The van der Waals surface area contributed by atoms with Gasteiger partial charge in [0.1, 0.15) is 0 Å². The lowest BCUT2D eigenvalue weighted by atomic mass is 9.69. The zero-order valence-electron chi connectivity index (χ0n) is 12.0. The minimum Gasteiger partial charge on any atom is -0.381 e. The third-order valence-corrected chi connectivity index (χ3v) is 4.96. The van der Waals surface area contributed by atoms with Crippen molar-refractivity contribution in [1.29, 1.82) is 0 Å². The molecule has 3 heteroatoms. The van der Waals surface area contributed by atoms with Crippen LogP contribution in [0.15, 0.2) is 22.7 Å². The molecule has 1 aromatic rings. The van der Waals surface area contributed by atoms with Crippen LogP contribution in [-0.4, -0.2) is 6.04 Å². The summed E-state index contributed by atoms with van der Waals surface area (Å²) in [6.45, 7) is 7.04. The topological polar surface area (TPSA) is 12.0 Å². The number of halogens is 2. The Morgan fingerprint density at radius 3 is 2.53 bits per heavy atom. The number of nitrogens with one attached hydrogen (secondary N) is 1. The van der Waals surface area contributed by atoms with Gasteiger partial charge < -0.3 is 5.32 Å². The molecule has 2 unspecified atom stereocenters. The van der Waals surface area contributed by atoms with Crippen LogP contribution in [0.3, 0.4) is 0 Å². The van der Waals surface area contributed by atoms with E-state index in [4.69, 9.17) is 11.6 Å². The fourth-order valence-corrected chi connectivity index (χ4v) is 3.87. The highest BCUT2D eigenvalue weighted by Crippen LogP contribution is 2.40. The monoisotopic (exact) mass is 343 g/mol. The molecule has 1 aliphatic rings. The van der Waals surface area contributed by atoms with E-state index in [2.05, 4.69) is 48.1 Å². The Bertz CT molecular complexity index is 439. The van der Waals surface area contributed by atoms with Gasteiger partial charge >= 0.3 is 0 Å². The van der Waals surface area contributed by atoms with Gasteiger partial charge in [-0.15, -0.1) is 0 Å². The van der Waals surface area contributed by atoms with Crippen LogP contribution in [0.2, 0.25) is 5.02 Å². The Labute approximate surface area is 130 Å². The SMILES string of the molecule is CC(C)(C)C1CCCCC1Nc1ccc(Br)cc1Cl. The maximum absolute atomic E-state index is 6.32. The Balaban J connectivity index is 2.15. The number of anilines is 1. The molecule has 0 spiro atoms. The summed E-state index contributed by atoms with van der Waals surface area (Å²) in [4.78, 5) is 0. The molecular formula is C16H23BrClN. The predicted octanol–water partition coefficient (Wildman–Crippen LogP) is 6.12. The highest BCUT2D eigenvalue weighted by Gasteiger charge is 2.34. The largest absolute Gasteiger partial charge is 0.381 e. The fourth-order valence-electron chi connectivity index (χ4n) is 3.15. The second-order valence-electron chi connectivity index (χ2n) is 6.63. The minimum atomic E-state index is 0.347. The van der Waals surface area contributed by atoms with Crippen molar-refractivity contribution in [2.75, 3.05) is 5.32 Å². The van der Waals surface area contributed by atoms with Crippen LogP contribution in [0.25, 0.3) is 0 Å². The van der Waals surface area contributed by atoms with Crippen LogP contribution in [0.1, 0.15) is 46.5 Å². The highest BCUT2D eigenvalue weighted by molar-refractivity contribution is 9.10. The van der Waals surface area contributed by atoms with Crippen molar-refractivity contribution in [2.45, 2.75) is 52.5 Å². The third-order valence-electron chi connectivity index (χ3n) is 4.15. The quantitative estimate of drug-likeness (QED) is 0.681. The molecule has 1 nitrogen and oxygen atoms in total. The van der Waals surface area contributed by atoms with Gasteiger partial charge in [0.15, 0.2) is 0 Å². The molecule has 19 heavy (non-hydrogen) atoms. The predicted molar refractivity (Wildman–Crippen MR) is 88.0 cm³/mol. The van der Waals surface area contributed by atoms with Crippen LogP contribution < -0.4 is 5.32 Å². The Morgan fingerprint density at radius 2 is 1.89 bits per heavy atom. The first-order valence-corrected chi connectivity index (χ1v) is 8.26. The van der Waals surface area contributed by atoms with Crippen molar-refractivity contribution in [1.82, 2.24) is 0 Å². The van der Waals surface area contributed by atoms with E-state index < -0.39 is 0 Å². The van der Waals surface area contributed by atoms with Crippen LogP contribution >= 0.6 is 27.5 Å². The van der Waals surface area contributed by atoms with Gasteiger partial charge in [0, 0.05) is 10.5 Å². The number of rotatable bonds is 2. The molecule has 0 heterocycles. The van der Waals surface area contributed by atoms with Gasteiger partial charge in [-0.25, -0.2) is 0 Å². The zero-order valence-corrected chi connectivity index (χ0v) is 14.3. The lowest BCUT2D eigenvalue weighted by Gasteiger charge is -2.41. The van der Waals surface area contributed by atoms with Gasteiger partial charge in [-0.3, -0.25) is 0 Å². The van der Waals surface area contributed by atoms with Crippen LogP contribution in [0, 0.1) is 11.3 Å². The highest BCUT2D eigenvalue weighted by atomic mass is 79.9. The summed E-state index contributed by atoms with van der Waals surface area (Å²) in [6.07, 6.45) is 5.23. The van der Waals surface area contributed by atoms with Crippen LogP contribution in [-0.2, 0) is 0 Å². The fraction of sp³-hybridized carbons (Fsp3) is 0.625. The molecule has 1 aliphatic carbocycles. The van der Waals surface area contributed by atoms with E-state index in [-0.39, 0.29) is 0 Å². The average molecular weight is 345 g/mol. The summed E-state index contributed by atoms with van der Waals surface area (Å²) in [5.41, 5.74) is 1.41. The summed E-state index contributed by atoms with van der Waals surface area (Å²) >= 11 is 9.77. The van der Waals surface area contributed by atoms with Gasteiger partial charge in [-0.05, 0) is 42.4 Å². The molecule has 2 atom stereocenters. The maximum atomic E-state index is 6.32. The Hall–Kier alpha value is -0.210. The average Bonchev–Trinajstić information content (AvgIpc) is 2.32. The molecule has 1 aromatic carbocycles. The minimum absolute atomic E-state index is 0.347. The standard InChI is InChI=1S/C16H23BrClN/c1-16(2,3)12-6-4-5-7-14(12)19-15-9-8-11(17)10-13(15)18/h8-10,12,14,19H,4-7H2,1-3H3. The Morgan fingerprint density at radius 1 is 1.21 bits per heavy atom. The van der Waals surface area contributed by atoms with Crippen molar-refractivity contribution < 1.29 is 0 Å². The first kappa shape index (κ1) is 15.2. The summed E-state index contributed by atoms with van der Waals surface area (Å²) in [7, 11) is 0. The van der Waals surface area contributed by atoms with Crippen molar-refractivity contribution in [2.24, 2.45) is 11.3 Å². The second kappa shape index (κ2) is 6.05. The summed E-state index contributed by atoms with van der Waals surface area (Å²) in [6, 6.07) is 6.61. The first-order chi connectivity index (χ1) is 8.88. The lowest BCUT2D eigenvalue weighted by Crippen LogP contribution is -2.39. The van der Waals surface area contributed by atoms with E-state index >= 15 is 0 Å². The zero-order chi connectivity index (χ0) is 14.0. The maximum Gasteiger partial charge on any atom is 0.0648 e. The molecule has 0 aliphatic heterocycles. The molecule has 1 N–H and O–H groups in total. The summed E-state index contributed by atoms with van der Waals surface area (Å²) in [5.74, 6) is 0.709. The molecule has 106 valence electrons. The molecule has 0 amide bonds. The van der Waals surface area contributed by atoms with Crippen molar-refractivity contribution >= 4 is 33.2 Å². The van der Waals surface area contributed by atoms with E-state index in [1.165, 1.54) is 25.7 Å². The first-order valence-electron chi connectivity index (χ1n) is 7.09. The molecule has 0 bridgehead atoms. The second-order valence-corrected chi connectivity index (χ2v) is 7.95. The lowest BCUT2D eigenvalue weighted by molar-refractivity contribution is 0.163. The molecule has 1 fully saturated rings. The summed E-state index contributed by atoms with van der Waals surface area (Å²) < 4.78 is 1.03. The van der Waals surface area contributed by atoms with E-state index in [0.29, 0.717) is 17.4 Å². The van der Waals surface area contributed by atoms with Gasteiger partial charge in [0.05, 0.1) is 10.7 Å². The Kier molecular flexibility index (Phi) is 4.84. The van der Waals surface area contributed by atoms with Crippen LogP contribution in [0.4, 0.5) is 5.69 Å². The molecule has 0 radical (unpaired) electrons. The molecule has 0 saturated heterocycles. The van der Waals surface area contributed by atoms with E-state index in [9.17, 15) is 0 Å². The van der Waals surface area contributed by atoms with E-state index in [0.717, 1.165) is 15.2 Å². The van der Waals surface area contributed by atoms with Gasteiger partial charge in [0.25, 0.3) is 0 Å². The van der Waals surface area contributed by atoms with Gasteiger partial charge in [0.2, 0.25) is 0 Å². The smallest absolute Gasteiger partial charge is 0.0648 e. The van der Waals surface area contributed by atoms with E-state index in [1.807, 2.05) is 12.1 Å². The normalized spacial score (nSPS) is 24.3. The number of benzene rings is 1.